The summed E-state index contributed by atoms with van der Waals surface area (Å²) in [6.45, 7) is 7.97. The van der Waals surface area contributed by atoms with Gasteiger partial charge >= 0.3 is 12.2 Å². The summed E-state index contributed by atoms with van der Waals surface area (Å²) in [7, 11) is 1.62. The number of carboxylic acid groups (broad SMARTS) is 1. The van der Waals surface area contributed by atoms with Crippen molar-refractivity contribution >= 4 is 57.7 Å². The van der Waals surface area contributed by atoms with Gasteiger partial charge in [0, 0.05) is 38.3 Å². The molecule has 0 spiro atoms. The smallest absolute Gasteiger partial charge is 0.420 e. The van der Waals surface area contributed by atoms with Crippen molar-refractivity contribution in [2.75, 3.05) is 49.8 Å². The first kappa shape index (κ1) is 29.2. The number of fused-ring (bicyclic) bond motifs is 2. The Balaban J connectivity index is 1.61. The van der Waals surface area contributed by atoms with Crippen molar-refractivity contribution in [1.82, 2.24) is 19.5 Å². The molecule has 41 heavy (non-hydrogen) atoms. The van der Waals surface area contributed by atoms with Gasteiger partial charge in [-0.25, -0.2) is 19.5 Å². The number of carbonyl (C=O) groups excluding carboxylic acids is 1. The van der Waals surface area contributed by atoms with Crippen molar-refractivity contribution in [2.24, 2.45) is 0 Å². The van der Waals surface area contributed by atoms with Gasteiger partial charge in [-0.05, 0) is 86.9 Å². The lowest BCUT2D eigenvalue weighted by Gasteiger charge is -2.37. The molecule has 4 heterocycles. The summed E-state index contributed by atoms with van der Waals surface area (Å²) in [5, 5.41) is 14.2. The number of methoxy groups -OCH3 is 1. The van der Waals surface area contributed by atoms with Gasteiger partial charge in [0.05, 0.1) is 22.1 Å². The van der Waals surface area contributed by atoms with Crippen LogP contribution >= 0.6 is 22.6 Å². The number of piperidine rings is 1. The Morgan fingerprint density at radius 3 is 2.61 bits per heavy atom. The van der Waals surface area contributed by atoms with Crippen LogP contribution in [0.2, 0.25) is 0 Å². The molecule has 12 nitrogen and oxygen atoms in total. The molecular weight excluding hydrogens is 643 g/mol. The van der Waals surface area contributed by atoms with Gasteiger partial charge in [0.2, 0.25) is 0 Å². The number of aromatic nitrogens is 3. The van der Waals surface area contributed by atoms with Crippen LogP contribution in [0, 0.1) is 3.57 Å². The maximum Gasteiger partial charge on any atom is 0.420 e. The second kappa shape index (κ2) is 11.9. The highest BCUT2D eigenvalue weighted by molar-refractivity contribution is 14.1. The number of carbonyl (C=O) groups is 2. The van der Waals surface area contributed by atoms with E-state index in [1.54, 1.807) is 22.7 Å². The minimum Gasteiger partial charge on any atom is -0.491 e. The summed E-state index contributed by atoms with van der Waals surface area (Å²) < 4.78 is 19.2. The third-order valence-corrected chi connectivity index (χ3v) is 7.84. The number of nitrogens with zero attached hydrogens (tertiary/aromatic N) is 6. The number of ether oxygens (including phenoxy) is 3. The summed E-state index contributed by atoms with van der Waals surface area (Å²) in [6.07, 6.45) is 2.53. The van der Waals surface area contributed by atoms with E-state index in [-0.39, 0.29) is 6.04 Å². The average molecular weight is 679 g/mol. The van der Waals surface area contributed by atoms with Gasteiger partial charge in [-0.15, -0.1) is 0 Å². The molecule has 0 aliphatic carbocycles. The van der Waals surface area contributed by atoms with Crippen molar-refractivity contribution in [1.29, 1.82) is 0 Å². The van der Waals surface area contributed by atoms with Crippen molar-refractivity contribution in [3.63, 3.8) is 0 Å². The predicted octanol–water partition coefficient (Wildman–Crippen LogP) is 4.94. The molecule has 1 saturated heterocycles. The maximum absolute atomic E-state index is 13.9. The molecule has 13 heteroatoms. The van der Waals surface area contributed by atoms with Crippen LogP contribution in [0.4, 0.5) is 26.9 Å². The van der Waals surface area contributed by atoms with E-state index in [9.17, 15) is 14.7 Å². The van der Waals surface area contributed by atoms with Crippen molar-refractivity contribution in [2.45, 2.75) is 51.7 Å². The van der Waals surface area contributed by atoms with Gasteiger partial charge in [0.25, 0.3) is 0 Å². The molecule has 0 saturated carbocycles. The Morgan fingerprint density at radius 1 is 1.17 bits per heavy atom. The number of hydrogen-bond acceptors (Lipinski definition) is 8. The second-order valence-electron chi connectivity index (χ2n) is 11.1. The zero-order chi connectivity index (χ0) is 29.3. The highest BCUT2D eigenvalue weighted by atomic mass is 127. The number of likely N-dealkylation sites (tertiary alicyclic amines) is 1. The molecule has 2 aromatic heterocycles. The van der Waals surface area contributed by atoms with Gasteiger partial charge in [0.15, 0.2) is 11.5 Å². The summed E-state index contributed by atoms with van der Waals surface area (Å²) in [5.74, 6) is 1.96. The standard InChI is InChI=1S/C28H35IN6O6/c1-28(2,3)41-27(38)34(18-7-9-20(10-8-18)40-15-14-39-4)25-21-11-13-33(19-6-5-12-32(17-19)26(36)37)23(21)31-24-22(29)16-30-35(24)25/h7-10,16,19H,5-6,11-15,17H2,1-4H3,(H,36,37)/t19-/m0/s1. The Kier molecular flexibility index (Phi) is 8.45. The van der Waals surface area contributed by atoms with Gasteiger partial charge < -0.3 is 29.1 Å². The molecule has 0 radical (unpaired) electrons. The van der Waals surface area contributed by atoms with Gasteiger partial charge in [0.1, 0.15) is 23.8 Å². The number of hydrogen-bond donors (Lipinski definition) is 1. The number of halogens is 1. The maximum atomic E-state index is 13.9. The monoisotopic (exact) mass is 678 g/mol. The molecule has 2 aliphatic heterocycles. The molecule has 1 N–H and O–H groups in total. The molecule has 3 aromatic rings. The minimum atomic E-state index is -0.908. The summed E-state index contributed by atoms with van der Waals surface area (Å²) >= 11 is 2.19. The summed E-state index contributed by atoms with van der Waals surface area (Å²) in [5.41, 5.74) is 1.33. The van der Waals surface area contributed by atoms with Gasteiger partial charge in [-0.1, -0.05) is 0 Å². The summed E-state index contributed by atoms with van der Waals surface area (Å²) in [4.78, 5) is 35.9. The molecule has 1 fully saturated rings. The second-order valence-corrected chi connectivity index (χ2v) is 12.2. The zero-order valence-electron chi connectivity index (χ0n) is 23.7. The molecule has 0 unspecified atom stereocenters. The molecular formula is C28H35IN6O6. The van der Waals surface area contributed by atoms with E-state index < -0.39 is 17.8 Å². The fourth-order valence-electron chi connectivity index (χ4n) is 5.30. The van der Waals surface area contributed by atoms with E-state index in [2.05, 4.69) is 32.6 Å². The van der Waals surface area contributed by atoms with Crippen LogP contribution in [0.3, 0.4) is 0 Å². The highest BCUT2D eigenvalue weighted by Crippen LogP contribution is 2.41. The Morgan fingerprint density at radius 2 is 1.93 bits per heavy atom. The average Bonchev–Trinajstić information content (AvgIpc) is 3.52. The molecule has 220 valence electrons. The predicted molar refractivity (Wildman–Crippen MR) is 162 cm³/mol. The first-order chi connectivity index (χ1) is 19.6. The van der Waals surface area contributed by atoms with Crippen LogP contribution in [0.15, 0.2) is 30.5 Å². The van der Waals surface area contributed by atoms with Crippen LogP contribution < -0.4 is 14.5 Å². The van der Waals surface area contributed by atoms with Crippen LogP contribution in [0.1, 0.15) is 39.2 Å². The Labute approximate surface area is 252 Å². The molecule has 2 aliphatic rings. The van der Waals surface area contributed by atoms with E-state index in [1.165, 1.54) is 4.90 Å². The number of anilines is 3. The number of amides is 2. The van der Waals surface area contributed by atoms with Gasteiger partial charge in [-0.2, -0.15) is 9.61 Å². The Bertz CT molecular complexity index is 1420. The molecule has 1 atom stereocenters. The largest absolute Gasteiger partial charge is 0.491 e. The minimum absolute atomic E-state index is 0.0111. The SMILES string of the molecule is COCCOc1ccc(N(C(=O)OC(C)(C)C)c2c3c(nc4c(I)cnn24)N([C@H]2CCCN(C(=O)O)C2)CC3)cc1. The summed E-state index contributed by atoms with van der Waals surface area (Å²) in [6, 6.07) is 7.24. The lowest BCUT2D eigenvalue weighted by atomic mass is 10.0. The zero-order valence-corrected chi connectivity index (χ0v) is 25.8. The highest BCUT2D eigenvalue weighted by Gasteiger charge is 2.38. The number of rotatable bonds is 7. The van der Waals surface area contributed by atoms with Crippen LogP contribution in [0.5, 0.6) is 5.75 Å². The normalized spacial score (nSPS) is 17.0. The first-order valence-corrected chi connectivity index (χ1v) is 14.7. The third-order valence-electron chi connectivity index (χ3n) is 7.07. The lowest BCUT2D eigenvalue weighted by Crippen LogP contribution is -2.49. The van der Waals surface area contributed by atoms with Gasteiger partial charge in [-0.3, -0.25) is 0 Å². The van der Waals surface area contributed by atoms with Crippen molar-refractivity contribution in [3.8, 4) is 5.75 Å². The van der Waals surface area contributed by atoms with Crippen LogP contribution in [-0.4, -0.2) is 88.4 Å². The quantitative estimate of drug-likeness (QED) is 0.274. The molecule has 0 bridgehead atoms. The molecule has 2 amide bonds. The van der Waals surface area contributed by atoms with E-state index in [0.717, 1.165) is 27.8 Å². The topological polar surface area (TPSA) is 122 Å². The number of benzene rings is 1. The van der Waals surface area contributed by atoms with E-state index in [1.807, 2.05) is 45.0 Å². The fraction of sp³-hybridized carbons (Fsp3) is 0.500. The molecule has 1 aromatic carbocycles. The van der Waals surface area contributed by atoms with E-state index in [4.69, 9.17) is 19.2 Å². The molecule has 5 rings (SSSR count). The van der Waals surface area contributed by atoms with Crippen LogP contribution in [0.25, 0.3) is 5.65 Å². The Hall–Kier alpha value is -3.33. The third kappa shape index (κ3) is 6.15. The van der Waals surface area contributed by atoms with Crippen molar-refractivity contribution in [3.05, 3.63) is 39.6 Å². The van der Waals surface area contributed by atoms with Crippen molar-refractivity contribution < 1.29 is 28.9 Å². The first-order valence-electron chi connectivity index (χ1n) is 13.6. The van der Waals surface area contributed by atoms with E-state index in [0.29, 0.717) is 62.2 Å². The lowest BCUT2D eigenvalue weighted by molar-refractivity contribution is 0.0597. The van der Waals surface area contributed by atoms with E-state index >= 15 is 0 Å². The van der Waals surface area contributed by atoms with Crippen LogP contribution in [-0.2, 0) is 15.9 Å². The fourth-order valence-corrected chi connectivity index (χ4v) is 5.77.